The zero-order valence-electron chi connectivity index (χ0n) is 30.9. The molecule has 0 amide bonds. The van der Waals surface area contributed by atoms with Crippen molar-refractivity contribution in [3.8, 4) is 23.4 Å². The maximum absolute atomic E-state index is 13.4. The molecule has 0 aromatic carbocycles. The number of pyridine rings is 4. The Kier molecular flexibility index (Phi) is 11.0. The van der Waals surface area contributed by atoms with Gasteiger partial charge in [-0.15, -0.1) is 0 Å². The maximum atomic E-state index is 13.4. The Labute approximate surface area is 316 Å². The summed E-state index contributed by atoms with van der Waals surface area (Å²) < 4.78 is 40.8. The molecule has 6 aromatic heterocycles. The number of imidazole rings is 2. The predicted molar refractivity (Wildman–Crippen MR) is 198 cm³/mol. The molecule has 0 spiro atoms. The van der Waals surface area contributed by atoms with Crippen molar-refractivity contribution in [3.63, 3.8) is 0 Å². The molecule has 1 aliphatic heterocycles. The van der Waals surface area contributed by atoms with Crippen LogP contribution in [0.2, 0.25) is 5.15 Å². The van der Waals surface area contributed by atoms with E-state index < -0.39 is 30.0 Å². The van der Waals surface area contributed by atoms with E-state index in [4.69, 9.17) is 26.2 Å². The van der Waals surface area contributed by atoms with Crippen LogP contribution in [0.15, 0.2) is 73.6 Å². The van der Waals surface area contributed by atoms with Gasteiger partial charge in [-0.2, -0.15) is 10.5 Å². The van der Waals surface area contributed by atoms with E-state index in [9.17, 15) is 24.3 Å². The van der Waals surface area contributed by atoms with E-state index in [1.807, 2.05) is 45.9 Å². The fourth-order valence-electron chi connectivity index (χ4n) is 5.22. The molecule has 2 N–H and O–H groups in total. The van der Waals surface area contributed by atoms with Gasteiger partial charge in [-0.25, -0.2) is 18.7 Å². The van der Waals surface area contributed by atoms with E-state index in [1.54, 1.807) is 58.5 Å². The summed E-state index contributed by atoms with van der Waals surface area (Å²) in [5.41, 5.74) is 1.78. The fraction of sp³-hybridized carbons (Fsp3) is 0.316. The van der Waals surface area contributed by atoms with Crippen molar-refractivity contribution in [1.82, 2.24) is 28.7 Å². The molecule has 54 heavy (non-hydrogen) atoms. The topological polar surface area (TPSA) is 167 Å². The quantitative estimate of drug-likeness (QED) is 0.197. The van der Waals surface area contributed by atoms with Crippen molar-refractivity contribution < 1.29 is 28.3 Å². The Morgan fingerprint density at radius 1 is 0.741 bits per heavy atom. The first kappa shape index (κ1) is 39.9. The van der Waals surface area contributed by atoms with Crippen molar-refractivity contribution in [2.24, 2.45) is 0 Å². The van der Waals surface area contributed by atoms with Crippen LogP contribution in [0.25, 0.3) is 22.6 Å². The summed E-state index contributed by atoms with van der Waals surface area (Å²) >= 11 is 5.64. The van der Waals surface area contributed by atoms with Crippen LogP contribution in [0.1, 0.15) is 77.9 Å². The summed E-state index contributed by atoms with van der Waals surface area (Å²) in [4.78, 5) is 16.5. The lowest BCUT2D eigenvalue weighted by atomic mass is 9.78. The second-order valence-corrected chi connectivity index (χ2v) is 15.0. The summed E-state index contributed by atoms with van der Waals surface area (Å²) in [6.45, 7) is 14.8. The van der Waals surface area contributed by atoms with Crippen LogP contribution >= 0.6 is 11.6 Å². The summed E-state index contributed by atoms with van der Waals surface area (Å²) in [5, 5.41) is 38.3. The first-order valence-corrected chi connectivity index (χ1v) is 17.1. The molecule has 16 heteroatoms. The normalized spacial score (nSPS) is 14.8. The number of nitrogens with zero attached hydrogens (tertiary/aromatic N) is 8. The third-order valence-corrected chi connectivity index (χ3v) is 9.31. The van der Waals surface area contributed by atoms with Gasteiger partial charge in [0.15, 0.2) is 16.5 Å². The molecule has 1 saturated heterocycles. The van der Waals surface area contributed by atoms with Gasteiger partial charge in [0.25, 0.3) is 0 Å². The molecule has 278 valence electrons. The Morgan fingerprint density at radius 2 is 1.22 bits per heavy atom. The SMILES string of the molecule is CC(C)(O)c1cncc(-c2nc3ccc(F)cn3c2C#N)c1.CC(C)(O)c1cncc(B2OC(C)(C)C(C)(C)O2)c1.N#Cc1c(Cl)nc2ccc(F)cn12. The number of hydrogen-bond donors (Lipinski definition) is 2. The monoisotopic (exact) mass is 754 g/mol. The van der Waals surface area contributed by atoms with Gasteiger partial charge in [0.1, 0.15) is 40.8 Å². The van der Waals surface area contributed by atoms with E-state index in [1.165, 1.54) is 45.5 Å². The smallest absolute Gasteiger partial charge is 0.399 e. The highest BCUT2D eigenvalue weighted by molar-refractivity contribution is 6.62. The van der Waals surface area contributed by atoms with E-state index in [2.05, 4.69) is 19.9 Å². The van der Waals surface area contributed by atoms with Crippen LogP contribution in [-0.4, -0.2) is 57.3 Å². The molecule has 0 radical (unpaired) electrons. The molecule has 1 fully saturated rings. The average Bonchev–Trinajstić information content (AvgIpc) is 3.70. The summed E-state index contributed by atoms with van der Waals surface area (Å²) in [7, 11) is -0.445. The van der Waals surface area contributed by atoms with E-state index >= 15 is 0 Å². The molecule has 6 aromatic rings. The number of nitriles is 2. The molecule has 0 unspecified atom stereocenters. The van der Waals surface area contributed by atoms with Gasteiger partial charge in [0.2, 0.25) is 0 Å². The zero-order chi connectivity index (χ0) is 39.8. The molecule has 12 nitrogen and oxygen atoms in total. The van der Waals surface area contributed by atoms with Crippen LogP contribution in [-0.2, 0) is 20.5 Å². The van der Waals surface area contributed by atoms with Crippen molar-refractivity contribution in [1.29, 1.82) is 10.5 Å². The second kappa shape index (κ2) is 14.9. The van der Waals surface area contributed by atoms with Crippen molar-refractivity contribution in [2.75, 3.05) is 0 Å². The molecule has 0 saturated carbocycles. The maximum Gasteiger partial charge on any atom is 0.496 e. The minimum absolute atomic E-state index is 0.0908. The molecular weight excluding hydrogens is 717 g/mol. The van der Waals surface area contributed by atoms with Crippen LogP contribution < -0.4 is 5.46 Å². The van der Waals surface area contributed by atoms with E-state index in [-0.39, 0.29) is 27.7 Å². The van der Waals surface area contributed by atoms with E-state index in [0.29, 0.717) is 28.1 Å². The highest BCUT2D eigenvalue weighted by Crippen LogP contribution is 2.36. The van der Waals surface area contributed by atoms with Crippen LogP contribution in [0.3, 0.4) is 0 Å². The molecule has 7 rings (SSSR count). The van der Waals surface area contributed by atoms with Crippen LogP contribution in [0.5, 0.6) is 0 Å². The molecule has 0 bridgehead atoms. The second-order valence-electron chi connectivity index (χ2n) is 14.6. The van der Waals surface area contributed by atoms with Crippen molar-refractivity contribution in [3.05, 3.63) is 113 Å². The van der Waals surface area contributed by atoms with Gasteiger partial charge in [0, 0.05) is 59.3 Å². The number of rotatable bonds is 4. The summed E-state index contributed by atoms with van der Waals surface area (Å²) in [6, 6.07) is 13.0. The minimum atomic E-state index is -1.05. The molecule has 7 heterocycles. The predicted octanol–water partition coefficient (Wildman–Crippen LogP) is 6.24. The number of aromatic nitrogens is 6. The number of aliphatic hydroxyl groups is 2. The van der Waals surface area contributed by atoms with Crippen molar-refractivity contribution >= 4 is 35.5 Å². The Bertz CT molecular complexity index is 2410. The third-order valence-electron chi connectivity index (χ3n) is 9.04. The summed E-state index contributed by atoms with van der Waals surface area (Å²) in [5.74, 6) is -0.880. The standard InChI is InChI=1S/C16H13FN4O.C14H22BNO3.C8H3ClFN3/c1-16(2,22)11-5-10(7-19-8-11)15-13(6-18)21-9-12(17)3-4-14(21)20-15;1-12(2,17)10-7-11(9-16-8-10)15-18-13(3,4)14(5,6)19-15;9-8-6(3-11)13-4-5(10)1-2-7(13)12-8/h3-5,7-9,22H,1-2H3;7-9,17H,1-6H3;1-2,4H. The van der Waals surface area contributed by atoms with Crippen LogP contribution in [0, 0.1) is 34.3 Å². The molecular formula is C38H38BClF2N8O4. The largest absolute Gasteiger partial charge is 0.496 e. The third kappa shape index (κ3) is 8.41. The van der Waals surface area contributed by atoms with Gasteiger partial charge in [0.05, 0.1) is 22.4 Å². The van der Waals surface area contributed by atoms with Gasteiger partial charge < -0.3 is 19.5 Å². The fourth-order valence-corrected chi connectivity index (χ4v) is 5.44. The van der Waals surface area contributed by atoms with Crippen LogP contribution in [0.4, 0.5) is 8.78 Å². The molecule has 0 aliphatic carbocycles. The van der Waals surface area contributed by atoms with Crippen molar-refractivity contribution in [2.45, 2.75) is 77.8 Å². The molecule has 1 aliphatic rings. The Hall–Kier alpha value is -5.29. The van der Waals surface area contributed by atoms with Gasteiger partial charge in [-0.05, 0) is 85.7 Å². The average molecular weight is 755 g/mol. The first-order valence-electron chi connectivity index (χ1n) is 16.7. The summed E-state index contributed by atoms with van der Waals surface area (Å²) in [6.07, 6.45) is 8.90. The number of hydrogen-bond acceptors (Lipinski definition) is 10. The highest BCUT2D eigenvalue weighted by atomic mass is 35.5. The molecule has 0 atom stereocenters. The Morgan fingerprint density at radius 3 is 1.74 bits per heavy atom. The lowest BCUT2D eigenvalue weighted by molar-refractivity contribution is 0.00578. The number of halogens is 3. The lowest BCUT2D eigenvalue weighted by Crippen LogP contribution is -2.41. The van der Waals surface area contributed by atoms with Gasteiger partial charge in [-0.1, -0.05) is 17.7 Å². The lowest BCUT2D eigenvalue weighted by Gasteiger charge is -2.32. The van der Waals surface area contributed by atoms with Gasteiger partial charge >= 0.3 is 7.12 Å². The minimum Gasteiger partial charge on any atom is -0.399 e. The highest BCUT2D eigenvalue weighted by Gasteiger charge is 2.52. The number of fused-ring (bicyclic) bond motifs is 2. The Balaban J connectivity index is 0.000000161. The van der Waals surface area contributed by atoms with Gasteiger partial charge in [-0.3, -0.25) is 18.8 Å². The van der Waals surface area contributed by atoms with E-state index in [0.717, 1.165) is 11.0 Å². The first-order chi connectivity index (χ1) is 25.1. The zero-order valence-corrected chi connectivity index (χ0v) is 31.7.